The molecule has 4 nitrogen and oxygen atoms in total. The van der Waals surface area contributed by atoms with E-state index in [4.69, 9.17) is 14.7 Å². The Morgan fingerprint density at radius 3 is 2.63 bits per heavy atom. The molecule has 0 heterocycles. The van der Waals surface area contributed by atoms with Gasteiger partial charge in [-0.05, 0) is 31.0 Å². The monoisotopic (exact) mass is 325 g/mol. The molecule has 0 saturated carbocycles. The van der Waals surface area contributed by atoms with Gasteiger partial charge in [0.1, 0.15) is 11.7 Å². The minimum atomic E-state index is -0.755. The fourth-order valence-corrected chi connectivity index (χ4v) is 1.70. The number of halogens is 1. The van der Waals surface area contributed by atoms with Gasteiger partial charge in [0.05, 0.1) is 19.3 Å². The molecule has 1 aromatic carbocycles. The second-order valence-electron chi connectivity index (χ2n) is 3.82. The molecule has 1 aromatic rings. The van der Waals surface area contributed by atoms with Crippen LogP contribution in [0.1, 0.15) is 12.5 Å². The van der Waals surface area contributed by atoms with E-state index in [0.29, 0.717) is 13.0 Å². The van der Waals surface area contributed by atoms with Crippen LogP contribution in [0.5, 0.6) is 5.75 Å². The van der Waals surface area contributed by atoms with Crippen LogP contribution >= 0.6 is 15.9 Å². The summed E-state index contributed by atoms with van der Waals surface area (Å²) in [6.45, 7) is 2.61. The quantitative estimate of drug-likeness (QED) is 0.571. The van der Waals surface area contributed by atoms with Crippen molar-refractivity contribution in [1.29, 1.82) is 5.26 Å². The van der Waals surface area contributed by atoms with Gasteiger partial charge in [-0.25, -0.2) is 0 Å². The van der Waals surface area contributed by atoms with Gasteiger partial charge in [-0.2, -0.15) is 5.26 Å². The highest BCUT2D eigenvalue weighted by Crippen LogP contribution is 2.16. The molecule has 0 amide bonds. The predicted molar refractivity (Wildman–Crippen MR) is 75.2 cm³/mol. The predicted octanol–water partition coefficient (Wildman–Crippen LogP) is 2.71. The van der Waals surface area contributed by atoms with Gasteiger partial charge in [0.15, 0.2) is 0 Å². The van der Waals surface area contributed by atoms with Crippen molar-refractivity contribution in [3.05, 3.63) is 29.8 Å². The molecule has 0 aromatic heterocycles. The first kappa shape index (κ1) is 15.5. The molecule has 0 fully saturated rings. The van der Waals surface area contributed by atoms with E-state index in [-0.39, 0.29) is 6.61 Å². The number of hydrogen-bond acceptors (Lipinski definition) is 4. The molecular weight excluding hydrogens is 310 g/mol. The van der Waals surface area contributed by atoms with Gasteiger partial charge in [-0.15, -0.1) is 0 Å². The lowest BCUT2D eigenvalue weighted by Crippen LogP contribution is -2.18. The van der Waals surface area contributed by atoms with E-state index in [1.807, 2.05) is 30.3 Å². The molecule has 0 aliphatic rings. The Hall–Kier alpha value is -1.54. The summed E-state index contributed by atoms with van der Waals surface area (Å²) in [5, 5.41) is 9.75. The Morgan fingerprint density at radius 1 is 1.42 bits per heavy atom. The summed E-state index contributed by atoms with van der Waals surface area (Å²) in [6, 6.07) is 9.34. The lowest BCUT2D eigenvalue weighted by Gasteiger charge is -2.09. The maximum Gasteiger partial charge on any atom is 0.323 e. The van der Waals surface area contributed by atoms with Crippen LogP contribution in [0, 0.1) is 17.2 Å². The van der Waals surface area contributed by atoms with E-state index in [1.54, 1.807) is 6.92 Å². The fraction of sp³-hybridized carbons (Fsp3) is 0.429. The molecule has 0 spiro atoms. The van der Waals surface area contributed by atoms with Crippen LogP contribution in [-0.4, -0.2) is 24.5 Å². The third kappa shape index (κ3) is 5.31. The number of rotatable bonds is 7. The van der Waals surface area contributed by atoms with Crippen molar-refractivity contribution in [3.63, 3.8) is 0 Å². The zero-order valence-electron chi connectivity index (χ0n) is 10.8. The number of hydrogen-bond donors (Lipinski definition) is 0. The van der Waals surface area contributed by atoms with E-state index in [0.717, 1.165) is 16.6 Å². The maximum atomic E-state index is 11.5. The minimum absolute atomic E-state index is 0.288. The van der Waals surface area contributed by atoms with Crippen LogP contribution < -0.4 is 4.74 Å². The minimum Gasteiger partial charge on any atom is -0.493 e. The Kier molecular flexibility index (Phi) is 6.98. The average Bonchev–Trinajstić information content (AvgIpc) is 2.44. The summed E-state index contributed by atoms with van der Waals surface area (Å²) >= 11 is 3.28. The molecule has 5 heteroatoms. The summed E-state index contributed by atoms with van der Waals surface area (Å²) in [5.41, 5.74) is 0.908. The van der Waals surface area contributed by atoms with Crippen LogP contribution in [0.15, 0.2) is 24.3 Å². The van der Waals surface area contributed by atoms with Crippen molar-refractivity contribution < 1.29 is 14.3 Å². The summed E-state index contributed by atoms with van der Waals surface area (Å²) in [7, 11) is 0. The third-order valence-electron chi connectivity index (χ3n) is 2.44. The number of carbonyl (C=O) groups is 1. The highest BCUT2D eigenvalue weighted by Gasteiger charge is 2.19. The fourth-order valence-electron chi connectivity index (χ4n) is 1.54. The van der Waals surface area contributed by atoms with Gasteiger partial charge in [-0.3, -0.25) is 4.79 Å². The van der Waals surface area contributed by atoms with Crippen LogP contribution in [-0.2, 0) is 16.0 Å². The van der Waals surface area contributed by atoms with E-state index < -0.39 is 11.9 Å². The number of carbonyl (C=O) groups excluding carboxylic acids is 1. The molecule has 0 bridgehead atoms. The normalized spacial score (nSPS) is 11.4. The lowest BCUT2D eigenvalue weighted by atomic mass is 10.0. The Labute approximate surface area is 121 Å². The van der Waals surface area contributed by atoms with Crippen molar-refractivity contribution in [1.82, 2.24) is 0 Å². The zero-order chi connectivity index (χ0) is 14.1. The lowest BCUT2D eigenvalue weighted by molar-refractivity contribution is -0.145. The van der Waals surface area contributed by atoms with Gasteiger partial charge in [0.2, 0.25) is 0 Å². The largest absolute Gasteiger partial charge is 0.493 e. The molecule has 102 valence electrons. The molecule has 0 N–H and O–H groups in total. The second-order valence-corrected chi connectivity index (χ2v) is 4.61. The molecule has 0 saturated heterocycles. The third-order valence-corrected chi connectivity index (χ3v) is 2.76. The number of ether oxygens (including phenoxy) is 2. The van der Waals surface area contributed by atoms with Gasteiger partial charge in [0.25, 0.3) is 0 Å². The number of nitrogens with zero attached hydrogens (tertiary/aromatic N) is 1. The summed E-state index contributed by atoms with van der Waals surface area (Å²) in [4.78, 5) is 11.5. The molecule has 1 unspecified atom stereocenters. The number of nitriles is 1. The number of alkyl halides is 1. The van der Waals surface area contributed by atoms with Gasteiger partial charge in [0, 0.05) is 5.33 Å². The van der Waals surface area contributed by atoms with Crippen LogP contribution in [0.2, 0.25) is 0 Å². The van der Waals surface area contributed by atoms with E-state index in [9.17, 15) is 4.79 Å². The smallest absolute Gasteiger partial charge is 0.323 e. The van der Waals surface area contributed by atoms with Crippen molar-refractivity contribution >= 4 is 21.9 Å². The molecular formula is C14H16BrNO3. The summed E-state index contributed by atoms with van der Waals surface area (Å²) < 4.78 is 10.3. The maximum absolute atomic E-state index is 11.5. The number of benzene rings is 1. The van der Waals surface area contributed by atoms with Crippen LogP contribution in [0.25, 0.3) is 0 Å². The van der Waals surface area contributed by atoms with Gasteiger partial charge < -0.3 is 9.47 Å². The van der Waals surface area contributed by atoms with Gasteiger partial charge in [-0.1, -0.05) is 28.1 Å². The molecule has 0 aliphatic carbocycles. The van der Waals surface area contributed by atoms with E-state index >= 15 is 0 Å². The number of esters is 1. The first-order valence-electron chi connectivity index (χ1n) is 6.05. The SMILES string of the molecule is CCOC(=O)C(C#N)Cc1ccc(OCCBr)cc1. The first-order valence-corrected chi connectivity index (χ1v) is 7.17. The molecule has 19 heavy (non-hydrogen) atoms. The Balaban J connectivity index is 2.61. The molecule has 0 aliphatic heterocycles. The van der Waals surface area contributed by atoms with Crippen molar-refractivity contribution in [2.45, 2.75) is 13.3 Å². The Bertz CT molecular complexity index is 439. The standard InChI is InChI=1S/C14H16BrNO3/c1-2-18-14(17)12(10-16)9-11-3-5-13(6-4-11)19-8-7-15/h3-6,12H,2,7-9H2,1H3. The van der Waals surface area contributed by atoms with Crippen molar-refractivity contribution in [3.8, 4) is 11.8 Å². The van der Waals surface area contributed by atoms with E-state index in [1.165, 1.54) is 0 Å². The highest BCUT2D eigenvalue weighted by molar-refractivity contribution is 9.09. The van der Waals surface area contributed by atoms with Crippen LogP contribution in [0.3, 0.4) is 0 Å². The first-order chi connectivity index (χ1) is 9.21. The molecule has 1 atom stereocenters. The topological polar surface area (TPSA) is 59.3 Å². The zero-order valence-corrected chi connectivity index (χ0v) is 12.4. The highest BCUT2D eigenvalue weighted by atomic mass is 79.9. The summed E-state index contributed by atoms with van der Waals surface area (Å²) in [6.07, 6.45) is 0.355. The van der Waals surface area contributed by atoms with Crippen molar-refractivity contribution in [2.75, 3.05) is 18.5 Å². The second kappa shape index (κ2) is 8.54. The average molecular weight is 326 g/mol. The van der Waals surface area contributed by atoms with Gasteiger partial charge >= 0.3 is 5.97 Å². The molecule has 1 rings (SSSR count). The van der Waals surface area contributed by atoms with Crippen molar-refractivity contribution in [2.24, 2.45) is 5.92 Å². The summed E-state index contributed by atoms with van der Waals surface area (Å²) in [5.74, 6) is -0.452. The molecule has 0 radical (unpaired) electrons. The Morgan fingerprint density at radius 2 is 2.11 bits per heavy atom. The van der Waals surface area contributed by atoms with Crippen LogP contribution in [0.4, 0.5) is 0 Å². The van der Waals surface area contributed by atoms with E-state index in [2.05, 4.69) is 15.9 Å².